The van der Waals surface area contributed by atoms with Crippen LogP contribution >= 0.6 is 0 Å². The second-order valence-electron chi connectivity index (χ2n) is 7.15. The number of amides is 1. The zero-order valence-corrected chi connectivity index (χ0v) is 15.8. The molecule has 2 aromatic carbocycles. The fourth-order valence-corrected chi connectivity index (χ4v) is 3.47. The van der Waals surface area contributed by atoms with Crippen LogP contribution in [0.25, 0.3) is 0 Å². The van der Waals surface area contributed by atoms with Crippen LogP contribution in [0, 0.1) is 5.92 Å². The van der Waals surface area contributed by atoms with Crippen LogP contribution in [0.5, 0.6) is 5.75 Å². The number of benzene rings is 2. The molecule has 1 aliphatic heterocycles. The highest BCUT2D eigenvalue weighted by Crippen LogP contribution is 2.21. The normalized spacial score (nSPS) is 14.8. The van der Waals surface area contributed by atoms with Gasteiger partial charge in [0.25, 0.3) is 5.91 Å². The summed E-state index contributed by atoms with van der Waals surface area (Å²) < 4.78 is 7.63. The summed E-state index contributed by atoms with van der Waals surface area (Å²) in [6, 6.07) is 17.7. The van der Waals surface area contributed by atoms with E-state index in [4.69, 9.17) is 4.74 Å². The Kier molecular flexibility index (Phi) is 5.66. The molecule has 0 saturated carbocycles. The van der Waals surface area contributed by atoms with Crippen LogP contribution in [0.3, 0.4) is 0 Å². The molecule has 28 heavy (non-hydrogen) atoms. The molecule has 1 aliphatic rings. The van der Waals surface area contributed by atoms with Crippen LogP contribution in [-0.2, 0) is 6.54 Å². The third-order valence-corrected chi connectivity index (χ3v) is 5.14. The lowest BCUT2D eigenvalue weighted by atomic mass is 9.97. The number of nitrogens with zero attached hydrogens (tertiary/aromatic N) is 4. The summed E-state index contributed by atoms with van der Waals surface area (Å²) in [6.07, 6.45) is 5.16. The molecule has 0 unspecified atom stereocenters. The highest BCUT2D eigenvalue weighted by molar-refractivity contribution is 5.94. The number of ether oxygens (including phenoxy) is 1. The molecule has 4 rings (SSSR count). The monoisotopic (exact) mass is 376 g/mol. The van der Waals surface area contributed by atoms with Gasteiger partial charge in [0.15, 0.2) is 0 Å². The largest absolute Gasteiger partial charge is 0.493 e. The molecule has 1 fully saturated rings. The third kappa shape index (κ3) is 4.57. The lowest BCUT2D eigenvalue weighted by Gasteiger charge is -2.32. The summed E-state index contributed by atoms with van der Waals surface area (Å²) in [4.78, 5) is 18.7. The number of carbonyl (C=O) groups excluding carboxylic acids is 1. The van der Waals surface area contributed by atoms with E-state index in [0.29, 0.717) is 19.1 Å². The van der Waals surface area contributed by atoms with Gasteiger partial charge in [0.1, 0.15) is 18.4 Å². The van der Waals surface area contributed by atoms with E-state index in [0.717, 1.165) is 42.8 Å². The number of piperidine rings is 1. The average Bonchev–Trinajstić information content (AvgIpc) is 3.26. The van der Waals surface area contributed by atoms with Gasteiger partial charge in [0, 0.05) is 18.7 Å². The maximum atomic E-state index is 12.8. The van der Waals surface area contributed by atoms with Gasteiger partial charge in [0.05, 0.1) is 13.2 Å². The standard InChI is InChI=1S/C22H24N4O2/c27-22(20-8-6-18(7-9-20)14-26-17-23-16-24-26)25-12-10-19(11-13-25)15-28-21-4-2-1-3-5-21/h1-9,16-17,19H,10-15H2. The molecule has 144 valence electrons. The molecule has 0 radical (unpaired) electrons. The Bertz CT molecular complexity index is 871. The minimum absolute atomic E-state index is 0.106. The molecular weight excluding hydrogens is 352 g/mol. The lowest BCUT2D eigenvalue weighted by molar-refractivity contribution is 0.0661. The van der Waals surface area contributed by atoms with Crippen LogP contribution < -0.4 is 4.74 Å². The maximum Gasteiger partial charge on any atom is 0.253 e. The van der Waals surface area contributed by atoms with Crippen molar-refractivity contribution in [3.05, 3.63) is 78.4 Å². The second kappa shape index (κ2) is 8.69. The third-order valence-electron chi connectivity index (χ3n) is 5.14. The van der Waals surface area contributed by atoms with Crippen molar-refractivity contribution in [1.29, 1.82) is 0 Å². The Balaban J connectivity index is 1.26. The number of aromatic nitrogens is 3. The predicted molar refractivity (Wildman–Crippen MR) is 106 cm³/mol. The van der Waals surface area contributed by atoms with Gasteiger partial charge < -0.3 is 9.64 Å². The number of hydrogen-bond acceptors (Lipinski definition) is 4. The topological polar surface area (TPSA) is 60.2 Å². The molecular formula is C22H24N4O2. The van der Waals surface area contributed by atoms with Crippen molar-refractivity contribution in [2.24, 2.45) is 5.92 Å². The van der Waals surface area contributed by atoms with E-state index < -0.39 is 0 Å². The van der Waals surface area contributed by atoms with Crippen LogP contribution in [0.2, 0.25) is 0 Å². The van der Waals surface area contributed by atoms with Gasteiger partial charge in [-0.3, -0.25) is 4.79 Å². The Labute approximate surface area is 164 Å². The second-order valence-corrected chi connectivity index (χ2v) is 7.15. The van der Waals surface area contributed by atoms with Crippen LogP contribution in [0.1, 0.15) is 28.8 Å². The van der Waals surface area contributed by atoms with Crippen molar-refractivity contribution in [2.75, 3.05) is 19.7 Å². The van der Waals surface area contributed by atoms with Crippen LogP contribution in [-0.4, -0.2) is 45.3 Å². The summed E-state index contributed by atoms with van der Waals surface area (Å²) in [5.41, 5.74) is 1.83. The fourth-order valence-electron chi connectivity index (χ4n) is 3.47. The minimum Gasteiger partial charge on any atom is -0.493 e. The molecule has 6 heteroatoms. The average molecular weight is 376 g/mol. The van der Waals surface area contributed by atoms with E-state index in [1.807, 2.05) is 59.5 Å². The van der Waals surface area contributed by atoms with Gasteiger partial charge >= 0.3 is 0 Å². The van der Waals surface area contributed by atoms with Gasteiger partial charge in [-0.2, -0.15) is 5.10 Å². The Hall–Kier alpha value is -3.15. The first-order valence-corrected chi connectivity index (χ1v) is 9.66. The molecule has 1 saturated heterocycles. The summed E-state index contributed by atoms with van der Waals surface area (Å²) >= 11 is 0. The predicted octanol–water partition coefficient (Wildman–Crippen LogP) is 3.26. The van der Waals surface area contributed by atoms with Gasteiger partial charge in [0.2, 0.25) is 0 Å². The molecule has 1 aromatic heterocycles. The van der Waals surface area contributed by atoms with Crippen molar-refractivity contribution in [1.82, 2.24) is 19.7 Å². The molecule has 0 aliphatic carbocycles. The Morgan fingerprint density at radius 1 is 1.04 bits per heavy atom. The van der Waals surface area contributed by atoms with E-state index in [9.17, 15) is 4.79 Å². The Morgan fingerprint density at radius 3 is 2.46 bits per heavy atom. The van der Waals surface area contributed by atoms with Crippen LogP contribution in [0.15, 0.2) is 67.3 Å². The number of carbonyl (C=O) groups is 1. The molecule has 6 nitrogen and oxygen atoms in total. The zero-order valence-electron chi connectivity index (χ0n) is 15.8. The smallest absolute Gasteiger partial charge is 0.253 e. The van der Waals surface area contributed by atoms with Gasteiger partial charge in [-0.15, -0.1) is 0 Å². The summed E-state index contributed by atoms with van der Waals surface area (Å²) in [7, 11) is 0. The molecule has 2 heterocycles. The quantitative estimate of drug-likeness (QED) is 0.663. The van der Waals surface area contributed by atoms with Crippen molar-refractivity contribution in [3.63, 3.8) is 0 Å². The SMILES string of the molecule is O=C(c1ccc(Cn2cncn2)cc1)N1CCC(COc2ccccc2)CC1. The van der Waals surface area contributed by atoms with E-state index >= 15 is 0 Å². The summed E-state index contributed by atoms with van der Waals surface area (Å²) in [6.45, 7) is 2.93. The van der Waals surface area contributed by atoms with E-state index in [1.54, 1.807) is 11.0 Å². The Morgan fingerprint density at radius 2 is 1.79 bits per heavy atom. The molecule has 1 amide bonds. The van der Waals surface area contributed by atoms with Crippen LogP contribution in [0.4, 0.5) is 0 Å². The molecule has 0 bridgehead atoms. The van der Waals surface area contributed by atoms with Crippen molar-refractivity contribution < 1.29 is 9.53 Å². The van der Waals surface area contributed by atoms with Crippen molar-refractivity contribution >= 4 is 5.91 Å². The molecule has 0 N–H and O–H groups in total. The number of para-hydroxylation sites is 1. The highest BCUT2D eigenvalue weighted by atomic mass is 16.5. The van der Waals surface area contributed by atoms with Gasteiger partial charge in [-0.1, -0.05) is 30.3 Å². The number of hydrogen-bond donors (Lipinski definition) is 0. The molecule has 3 aromatic rings. The maximum absolute atomic E-state index is 12.8. The zero-order chi connectivity index (χ0) is 19.2. The first-order valence-electron chi connectivity index (χ1n) is 9.66. The number of rotatable bonds is 6. The van der Waals surface area contributed by atoms with Gasteiger partial charge in [-0.25, -0.2) is 9.67 Å². The molecule has 0 spiro atoms. The molecule has 0 atom stereocenters. The van der Waals surface area contributed by atoms with E-state index in [2.05, 4.69) is 10.1 Å². The number of likely N-dealkylation sites (tertiary alicyclic amines) is 1. The summed E-state index contributed by atoms with van der Waals surface area (Å²) in [5, 5.41) is 4.10. The van der Waals surface area contributed by atoms with Gasteiger partial charge in [-0.05, 0) is 48.6 Å². The first-order chi connectivity index (χ1) is 13.8. The van der Waals surface area contributed by atoms with E-state index in [1.165, 1.54) is 6.33 Å². The fraction of sp³-hybridized carbons (Fsp3) is 0.318. The lowest BCUT2D eigenvalue weighted by Crippen LogP contribution is -2.39. The highest BCUT2D eigenvalue weighted by Gasteiger charge is 2.24. The van der Waals surface area contributed by atoms with E-state index in [-0.39, 0.29) is 5.91 Å². The van der Waals surface area contributed by atoms with Crippen molar-refractivity contribution in [2.45, 2.75) is 19.4 Å². The van der Waals surface area contributed by atoms with Crippen molar-refractivity contribution in [3.8, 4) is 5.75 Å². The summed E-state index contributed by atoms with van der Waals surface area (Å²) in [5.74, 6) is 1.51. The minimum atomic E-state index is 0.106. The first kappa shape index (κ1) is 18.2.